The average molecular weight is 468 g/mol. The average Bonchev–Trinajstić information content (AvgIpc) is 3.22. The standard InChI is InChI=1S/C25H38FNO4S/c1-4-27-24(30)10-8-6-5-7-9-19-20(22(29)15-21(19)28)13-11-18(31-3)12-14-23-25(26)17(2)16-32-23/h5,7,11,13,16,18-22,28-29H,4,6,8-10,12,14-15H2,1-3H3,(H,27,30)/b7-5-,13-11+/t18-,19-,20-,21+,22-/m1/s1. The second-order valence-corrected chi connectivity index (χ2v) is 9.48. The molecule has 1 aromatic rings. The number of ether oxygens (including phenoxy) is 1. The molecule has 1 amide bonds. The zero-order valence-electron chi connectivity index (χ0n) is 19.4. The van der Waals surface area contributed by atoms with Gasteiger partial charge in [-0.2, -0.15) is 0 Å². The first-order chi connectivity index (χ1) is 15.4. The Bertz CT molecular complexity index is 763. The first kappa shape index (κ1) is 26.7. The van der Waals surface area contributed by atoms with Gasteiger partial charge in [-0.25, -0.2) is 4.39 Å². The van der Waals surface area contributed by atoms with Gasteiger partial charge in [-0.1, -0.05) is 24.3 Å². The monoisotopic (exact) mass is 467 g/mol. The lowest BCUT2D eigenvalue weighted by Crippen LogP contribution is -2.21. The van der Waals surface area contributed by atoms with E-state index in [2.05, 4.69) is 5.32 Å². The maximum Gasteiger partial charge on any atom is 0.219 e. The van der Waals surface area contributed by atoms with Gasteiger partial charge in [-0.05, 0) is 62.8 Å². The molecule has 1 fully saturated rings. The van der Waals surface area contributed by atoms with Crippen molar-refractivity contribution in [3.8, 4) is 0 Å². The molecular formula is C25H38FNO4S. The lowest BCUT2D eigenvalue weighted by molar-refractivity contribution is -0.121. The number of thiophene rings is 1. The molecule has 0 saturated heterocycles. The lowest BCUT2D eigenvalue weighted by Gasteiger charge is -2.20. The van der Waals surface area contributed by atoms with E-state index >= 15 is 0 Å². The van der Waals surface area contributed by atoms with Gasteiger partial charge in [0.1, 0.15) is 5.82 Å². The van der Waals surface area contributed by atoms with Gasteiger partial charge < -0.3 is 20.3 Å². The van der Waals surface area contributed by atoms with Gasteiger partial charge in [0, 0.05) is 37.3 Å². The highest BCUT2D eigenvalue weighted by atomic mass is 32.1. The van der Waals surface area contributed by atoms with Crippen LogP contribution in [0.15, 0.2) is 29.7 Å². The van der Waals surface area contributed by atoms with E-state index in [0.717, 1.165) is 17.7 Å². The summed E-state index contributed by atoms with van der Waals surface area (Å²) in [5, 5.41) is 25.5. The first-order valence-corrected chi connectivity index (χ1v) is 12.5. The Kier molecular flexibility index (Phi) is 11.6. The maximum atomic E-state index is 14.0. The van der Waals surface area contributed by atoms with Crippen LogP contribution in [0.1, 0.15) is 55.9 Å². The number of unbranched alkanes of at least 4 members (excludes halogenated alkanes) is 1. The summed E-state index contributed by atoms with van der Waals surface area (Å²) in [7, 11) is 1.63. The van der Waals surface area contributed by atoms with Gasteiger partial charge in [0.25, 0.3) is 0 Å². The summed E-state index contributed by atoms with van der Waals surface area (Å²) in [5.74, 6) is -0.259. The topological polar surface area (TPSA) is 78.8 Å². The van der Waals surface area contributed by atoms with Crippen molar-refractivity contribution in [1.29, 1.82) is 0 Å². The van der Waals surface area contributed by atoms with Gasteiger partial charge in [0.2, 0.25) is 5.91 Å². The summed E-state index contributed by atoms with van der Waals surface area (Å²) in [4.78, 5) is 12.2. The van der Waals surface area contributed by atoms with Crippen LogP contribution in [0.25, 0.3) is 0 Å². The van der Waals surface area contributed by atoms with Crippen molar-refractivity contribution in [2.24, 2.45) is 11.8 Å². The van der Waals surface area contributed by atoms with Gasteiger partial charge in [-0.3, -0.25) is 4.79 Å². The third kappa shape index (κ3) is 8.10. The third-order valence-electron chi connectivity index (χ3n) is 6.12. The SMILES string of the molecule is CCNC(=O)CCC/C=C\C[C@@H]1[C@@H](/C=C/[C@H](CCc2scc(C)c2F)OC)[C@H](O)C[C@@H]1O. The number of rotatable bonds is 13. The number of carbonyl (C=O) groups excluding carboxylic acids is 1. The lowest BCUT2D eigenvalue weighted by atomic mass is 9.89. The van der Waals surface area contributed by atoms with E-state index in [1.54, 1.807) is 14.0 Å². The van der Waals surface area contributed by atoms with Crippen molar-refractivity contribution < 1.29 is 24.1 Å². The molecule has 1 aliphatic rings. The number of aliphatic hydroxyl groups is 2. The number of allylic oxidation sites excluding steroid dienone is 2. The summed E-state index contributed by atoms with van der Waals surface area (Å²) >= 11 is 1.43. The number of methoxy groups -OCH3 is 1. The molecule has 0 unspecified atom stereocenters. The molecule has 0 aliphatic heterocycles. The second-order valence-electron chi connectivity index (χ2n) is 8.52. The molecule has 3 N–H and O–H groups in total. The molecule has 1 aliphatic carbocycles. The first-order valence-electron chi connectivity index (χ1n) is 11.6. The Morgan fingerprint density at radius 3 is 2.81 bits per heavy atom. The van der Waals surface area contributed by atoms with E-state index in [4.69, 9.17) is 4.74 Å². The highest BCUT2D eigenvalue weighted by Crippen LogP contribution is 2.36. The van der Waals surface area contributed by atoms with E-state index in [1.807, 2.05) is 36.6 Å². The number of amides is 1. The van der Waals surface area contributed by atoms with E-state index in [1.165, 1.54) is 11.3 Å². The molecule has 5 nitrogen and oxygen atoms in total. The van der Waals surface area contributed by atoms with Crippen molar-refractivity contribution in [3.63, 3.8) is 0 Å². The molecule has 0 bridgehead atoms. The van der Waals surface area contributed by atoms with Crippen LogP contribution in [0.3, 0.4) is 0 Å². The van der Waals surface area contributed by atoms with Gasteiger partial charge >= 0.3 is 0 Å². The molecule has 1 aromatic heterocycles. The maximum absolute atomic E-state index is 14.0. The Labute approximate surface area is 195 Å². The summed E-state index contributed by atoms with van der Waals surface area (Å²) < 4.78 is 19.6. The second kappa shape index (κ2) is 13.9. The van der Waals surface area contributed by atoms with Crippen LogP contribution in [-0.4, -0.2) is 48.1 Å². The summed E-state index contributed by atoms with van der Waals surface area (Å²) in [6.45, 7) is 4.33. The predicted octanol–water partition coefficient (Wildman–Crippen LogP) is 4.31. The molecular weight excluding hydrogens is 429 g/mol. The van der Waals surface area contributed by atoms with Crippen molar-refractivity contribution in [2.75, 3.05) is 13.7 Å². The van der Waals surface area contributed by atoms with Gasteiger partial charge in [0.05, 0.1) is 18.3 Å². The van der Waals surface area contributed by atoms with Crippen LogP contribution in [0.4, 0.5) is 4.39 Å². The minimum absolute atomic E-state index is 0.0595. The van der Waals surface area contributed by atoms with Gasteiger partial charge in [-0.15, -0.1) is 11.3 Å². The molecule has 32 heavy (non-hydrogen) atoms. The fraction of sp³-hybridized carbons (Fsp3) is 0.640. The molecule has 2 rings (SSSR count). The fourth-order valence-electron chi connectivity index (χ4n) is 4.21. The van der Waals surface area contributed by atoms with E-state index in [9.17, 15) is 19.4 Å². The minimum atomic E-state index is -0.590. The van der Waals surface area contributed by atoms with Crippen molar-refractivity contribution in [1.82, 2.24) is 5.32 Å². The number of carbonyl (C=O) groups is 1. The Morgan fingerprint density at radius 2 is 2.16 bits per heavy atom. The molecule has 1 heterocycles. The van der Waals surface area contributed by atoms with Crippen molar-refractivity contribution in [3.05, 3.63) is 45.9 Å². The van der Waals surface area contributed by atoms with Crippen LogP contribution < -0.4 is 5.32 Å². The highest BCUT2D eigenvalue weighted by molar-refractivity contribution is 7.10. The molecule has 0 spiro atoms. The number of halogens is 1. The third-order valence-corrected chi connectivity index (χ3v) is 7.25. The molecule has 7 heteroatoms. The largest absolute Gasteiger partial charge is 0.393 e. The Hall–Kier alpha value is -1.54. The number of hydrogen-bond donors (Lipinski definition) is 3. The summed E-state index contributed by atoms with van der Waals surface area (Å²) in [6, 6.07) is 0. The van der Waals surface area contributed by atoms with E-state index < -0.39 is 12.2 Å². The quantitative estimate of drug-likeness (QED) is 0.298. The van der Waals surface area contributed by atoms with Crippen LogP contribution in [0, 0.1) is 24.6 Å². The molecule has 5 atom stereocenters. The molecule has 1 saturated carbocycles. The highest BCUT2D eigenvalue weighted by Gasteiger charge is 2.39. The minimum Gasteiger partial charge on any atom is -0.393 e. The number of aryl methyl sites for hydroxylation is 2. The number of aliphatic hydroxyl groups excluding tert-OH is 2. The van der Waals surface area contributed by atoms with E-state index in [0.29, 0.717) is 44.2 Å². The smallest absolute Gasteiger partial charge is 0.219 e. The molecule has 0 radical (unpaired) electrons. The molecule has 180 valence electrons. The molecule has 0 aromatic carbocycles. The normalized spacial score (nSPS) is 24.6. The van der Waals surface area contributed by atoms with Crippen LogP contribution >= 0.6 is 11.3 Å². The number of hydrogen-bond acceptors (Lipinski definition) is 5. The Morgan fingerprint density at radius 1 is 1.38 bits per heavy atom. The van der Waals surface area contributed by atoms with Crippen molar-refractivity contribution in [2.45, 2.75) is 77.1 Å². The zero-order valence-corrected chi connectivity index (χ0v) is 20.2. The van der Waals surface area contributed by atoms with Crippen molar-refractivity contribution >= 4 is 17.2 Å². The van der Waals surface area contributed by atoms with Gasteiger partial charge in [0.15, 0.2) is 0 Å². The van der Waals surface area contributed by atoms with Crippen LogP contribution in [0.5, 0.6) is 0 Å². The van der Waals surface area contributed by atoms with Crippen LogP contribution in [-0.2, 0) is 16.0 Å². The number of nitrogens with one attached hydrogen (secondary N) is 1. The van der Waals surface area contributed by atoms with E-state index in [-0.39, 0.29) is 29.7 Å². The Balaban J connectivity index is 1.85. The van der Waals surface area contributed by atoms with Crippen LogP contribution in [0.2, 0.25) is 0 Å². The zero-order chi connectivity index (χ0) is 23.5. The fourth-order valence-corrected chi connectivity index (χ4v) is 5.14. The summed E-state index contributed by atoms with van der Waals surface area (Å²) in [6.07, 6.45) is 11.1. The predicted molar refractivity (Wildman–Crippen MR) is 127 cm³/mol. The summed E-state index contributed by atoms with van der Waals surface area (Å²) in [5.41, 5.74) is 0.678.